The Morgan fingerprint density at radius 3 is 2.75 bits per heavy atom. The summed E-state index contributed by atoms with van der Waals surface area (Å²) in [6.07, 6.45) is 2.22. The van der Waals surface area contributed by atoms with Gasteiger partial charge in [-0.05, 0) is 55.0 Å². The molecule has 5 heteroatoms. The number of hydrogen-bond acceptors (Lipinski definition) is 5. The molecular weight excluding hydrogens is 300 g/mol. The molecule has 3 aromatic rings. The first-order chi connectivity index (χ1) is 11.7. The van der Waals surface area contributed by atoms with Crippen LogP contribution in [0.2, 0.25) is 0 Å². The van der Waals surface area contributed by atoms with Crippen molar-refractivity contribution in [2.45, 2.75) is 13.3 Å². The lowest BCUT2D eigenvalue weighted by molar-refractivity contribution is 0.343. The number of rotatable bonds is 4. The number of hydrogen-bond donors (Lipinski definition) is 1. The summed E-state index contributed by atoms with van der Waals surface area (Å²) in [5, 5.41) is 13.8. The fraction of sp³-hybridized carbons (Fsp3) is 0.105. The molecule has 0 fully saturated rings. The second-order valence-electron chi connectivity index (χ2n) is 5.43. The maximum absolute atomic E-state index is 8.75. The Kier molecular flexibility index (Phi) is 4.39. The Morgan fingerprint density at radius 2 is 2.00 bits per heavy atom. The molecular formula is C19H16N4O. The minimum atomic E-state index is 0.557. The summed E-state index contributed by atoms with van der Waals surface area (Å²) < 4.78 is 0. The van der Waals surface area contributed by atoms with E-state index in [0.717, 1.165) is 22.2 Å². The Balaban J connectivity index is 1.69. The second-order valence-corrected chi connectivity index (χ2v) is 5.43. The van der Waals surface area contributed by atoms with E-state index in [9.17, 15) is 0 Å². The second kappa shape index (κ2) is 6.80. The third-order valence-corrected chi connectivity index (χ3v) is 3.61. The fourth-order valence-corrected chi connectivity index (χ4v) is 2.41. The first-order valence-corrected chi connectivity index (χ1v) is 7.50. The number of oxime groups is 1. The molecule has 3 rings (SSSR count). The molecule has 0 atom stereocenters. The molecule has 0 aliphatic heterocycles. The lowest BCUT2D eigenvalue weighted by Crippen LogP contribution is -1.96. The molecule has 0 radical (unpaired) electrons. The van der Waals surface area contributed by atoms with Crippen molar-refractivity contribution in [2.75, 3.05) is 5.73 Å². The summed E-state index contributed by atoms with van der Waals surface area (Å²) in [4.78, 5) is 9.88. The van der Waals surface area contributed by atoms with E-state index in [2.05, 4.69) is 16.2 Å². The number of anilines is 1. The van der Waals surface area contributed by atoms with Gasteiger partial charge < -0.3 is 10.6 Å². The van der Waals surface area contributed by atoms with Gasteiger partial charge in [0, 0.05) is 23.2 Å². The summed E-state index contributed by atoms with van der Waals surface area (Å²) >= 11 is 0. The molecule has 0 bridgehead atoms. The van der Waals surface area contributed by atoms with Crippen molar-refractivity contribution in [3.05, 3.63) is 65.4 Å². The van der Waals surface area contributed by atoms with Gasteiger partial charge in [0.2, 0.25) is 0 Å². The maximum Gasteiger partial charge on any atom is 0.158 e. The van der Waals surface area contributed by atoms with Gasteiger partial charge in [-0.1, -0.05) is 11.2 Å². The maximum atomic E-state index is 8.75. The van der Waals surface area contributed by atoms with E-state index in [1.54, 1.807) is 30.5 Å². The molecule has 24 heavy (non-hydrogen) atoms. The van der Waals surface area contributed by atoms with Crippen LogP contribution in [-0.2, 0) is 6.42 Å². The van der Waals surface area contributed by atoms with Crippen LogP contribution in [0.4, 0.5) is 5.69 Å². The molecule has 2 N–H and O–H groups in total. The molecule has 0 amide bonds. The summed E-state index contributed by atoms with van der Waals surface area (Å²) in [6.45, 7) is 2.05. The van der Waals surface area contributed by atoms with Crippen molar-refractivity contribution in [1.82, 2.24) is 4.98 Å². The SMILES string of the molecule is Cc1cc(CC=NOc2ccc(C#N)cc2)nc2cc(N)ccc12. The minimum Gasteiger partial charge on any atom is -0.399 e. The van der Waals surface area contributed by atoms with Gasteiger partial charge in [0.1, 0.15) is 0 Å². The molecule has 118 valence electrons. The van der Waals surface area contributed by atoms with Crippen LogP contribution in [0, 0.1) is 18.3 Å². The van der Waals surface area contributed by atoms with Crippen LogP contribution in [0.5, 0.6) is 5.75 Å². The van der Waals surface area contributed by atoms with Crippen LogP contribution in [0.25, 0.3) is 10.9 Å². The number of nitrogens with two attached hydrogens (primary N) is 1. The standard InChI is InChI=1S/C19H16N4O/c1-13-10-16(23-19-11-15(21)4-7-18(13)19)8-9-22-24-17-5-2-14(12-20)3-6-17/h2-7,9-11H,8,21H2,1H3. The smallest absolute Gasteiger partial charge is 0.158 e. The molecule has 0 saturated heterocycles. The van der Waals surface area contributed by atoms with Crippen LogP contribution in [0.1, 0.15) is 16.8 Å². The highest BCUT2D eigenvalue weighted by atomic mass is 16.6. The zero-order chi connectivity index (χ0) is 16.9. The van der Waals surface area contributed by atoms with Crippen molar-refractivity contribution in [1.29, 1.82) is 5.26 Å². The van der Waals surface area contributed by atoms with Crippen molar-refractivity contribution in [3.63, 3.8) is 0 Å². The quantitative estimate of drug-likeness (QED) is 0.453. The predicted octanol–water partition coefficient (Wildman–Crippen LogP) is 3.60. The minimum absolute atomic E-state index is 0.557. The number of nitrogens with zero attached hydrogens (tertiary/aromatic N) is 3. The molecule has 0 unspecified atom stereocenters. The lowest BCUT2D eigenvalue weighted by Gasteiger charge is -2.05. The molecule has 1 heterocycles. The van der Waals surface area contributed by atoms with Gasteiger partial charge in [-0.15, -0.1) is 0 Å². The average Bonchev–Trinajstić information content (AvgIpc) is 2.59. The van der Waals surface area contributed by atoms with Crippen LogP contribution >= 0.6 is 0 Å². The van der Waals surface area contributed by atoms with Crippen LogP contribution in [-0.4, -0.2) is 11.2 Å². The van der Waals surface area contributed by atoms with Crippen molar-refractivity contribution >= 4 is 22.8 Å². The molecule has 0 aliphatic rings. The van der Waals surface area contributed by atoms with E-state index in [0.29, 0.717) is 23.4 Å². The molecule has 5 nitrogen and oxygen atoms in total. The largest absolute Gasteiger partial charge is 0.399 e. The van der Waals surface area contributed by atoms with Gasteiger partial charge in [-0.3, -0.25) is 4.98 Å². The summed E-state index contributed by atoms with van der Waals surface area (Å²) in [7, 11) is 0. The van der Waals surface area contributed by atoms with Crippen LogP contribution < -0.4 is 10.6 Å². The molecule has 1 aromatic heterocycles. The first kappa shape index (κ1) is 15.5. The van der Waals surface area contributed by atoms with Crippen molar-refractivity contribution < 1.29 is 4.84 Å². The third kappa shape index (κ3) is 3.50. The Morgan fingerprint density at radius 1 is 1.21 bits per heavy atom. The van der Waals surface area contributed by atoms with Gasteiger partial charge in [-0.25, -0.2) is 0 Å². The number of nitrogen functional groups attached to an aromatic ring is 1. The zero-order valence-electron chi connectivity index (χ0n) is 13.2. The van der Waals surface area contributed by atoms with E-state index >= 15 is 0 Å². The van der Waals surface area contributed by atoms with Crippen LogP contribution in [0.15, 0.2) is 53.7 Å². The van der Waals surface area contributed by atoms with E-state index in [1.165, 1.54) is 0 Å². The summed E-state index contributed by atoms with van der Waals surface area (Å²) in [6, 6.07) is 16.6. The van der Waals surface area contributed by atoms with Gasteiger partial charge in [0.15, 0.2) is 5.75 Å². The average molecular weight is 316 g/mol. The van der Waals surface area contributed by atoms with Gasteiger partial charge >= 0.3 is 0 Å². The number of nitriles is 1. The summed E-state index contributed by atoms with van der Waals surface area (Å²) in [5.74, 6) is 0.584. The normalized spacial score (nSPS) is 10.8. The van der Waals surface area contributed by atoms with Crippen molar-refractivity contribution in [2.24, 2.45) is 5.16 Å². The summed E-state index contributed by atoms with van der Waals surface area (Å²) in [5.41, 5.74) is 10.0. The first-order valence-electron chi connectivity index (χ1n) is 7.50. The lowest BCUT2D eigenvalue weighted by atomic mass is 10.1. The Bertz CT molecular complexity index is 940. The molecule has 0 aliphatic carbocycles. The molecule has 0 saturated carbocycles. The van der Waals surface area contributed by atoms with E-state index in [-0.39, 0.29) is 0 Å². The molecule has 0 spiro atoms. The number of aromatic nitrogens is 1. The number of fused-ring (bicyclic) bond motifs is 1. The van der Waals surface area contributed by atoms with Crippen molar-refractivity contribution in [3.8, 4) is 11.8 Å². The number of benzene rings is 2. The number of pyridine rings is 1. The monoisotopic (exact) mass is 316 g/mol. The highest BCUT2D eigenvalue weighted by Crippen LogP contribution is 2.20. The highest BCUT2D eigenvalue weighted by molar-refractivity contribution is 5.85. The third-order valence-electron chi connectivity index (χ3n) is 3.61. The predicted molar refractivity (Wildman–Crippen MR) is 94.9 cm³/mol. The zero-order valence-corrected chi connectivity index (χ0v) is 13.2. The van der Waals surface area contributed by atoms with E-state index < -0.39 is 0 Å². The van der Waals surface area contributed by atoms with Crippen LogP contribution in [0.3, 0.4) is 0 Å². The van der Waals surface area contributed by atoms with E-state index in [1.807, 2.05) is 31.2 Å². The Hall–Kier alpha value is -3.39. The number of aryl methyl sites for hydroxylation is 1. The van der Waals surface area contributed by atoms with E-state index in [4.69, 9.17) is 15.8 Å². The van der Waals surface area contributed by atoms with Gasteiger partial charge in [0.05, 0.1) is 23.4 Å². The van der Waals surface area contributed by atoms with Gasteiger partial charge in [0.25, 0.3) is 0 Å². The van der Waals surface area contributed by atoms with Gasteiger partial charge in [-0.2, -0.15) is 5.26 Å². The molecule has 2 aromatic carbocycles. The fourth-order valence-electron chi connectivity index (χ4n) is 2.41. The highest BCUT2D eigenvalue weighted by Gasteiger charge is 2.03. The Labute approximate surface area is 140 Å². The topological polar surface area (TPSA) is 84.3 Å².